The number of amides is 1. The van der Waals surface area contributed by atoms with E-state index < -0.39 is 47.9 Å². The number of carbonyl (C=O) groups is 1. The van der Waals surface area contributed by atoms with E-state index in [1.54, 1.807) is 6.07 Å². The second kappa shape index (κ2) is 13.3. The van der Waals surface area contributed by atoms with Gasteiger partial charge in [0.2, 0.25) is 11.9 Å². The number of aliphatic imine (C=N–C) groups is 1. The van der Waals surface area contributed by atoms with Crippen molar-refractivity contribution in [2.75, 3.05) is 26.0 Å². The first-order valence-corrected chi connectivity index (χ1v) is 11.1. The summed E-state index contributed by atoms with van der Waals surface area (Å²) in [7, 11) is 2.68. The molecule has 14 heteroatoms. The van der Waals surface area contributed by atoms with Crippen molar-refractivity contribution >= 4 is 17.6 Å². The third-order valence-electron chi connectivity index (χ3n) is 5.32. The van der Waals surface area contributed by atoms with Crippen molar-refractivity contribution in [1.29, 1.82) is 0 Å². The van der Waals surface area contributed by atoms with Gasteiger partial charge in [-0.3, -0.25) is 10.1 Å². The lowest BCUT2D eigenvalue weighted by Gasteiger charge is -2.25. The topological polar surface area (TPSA) is 153 Å². The highest BCUT2D eigenvalue weighted by atomic mass is 19.4. The minimum absolute atomic E-state index is 0.0277. The van der Waals surface area contributed by atoms with E-state index >= 15 is 0 Å². The van der Waals surface area contributed by atoms with Crippen molar-refractivity contribution in [2.45, 2.75) is 30.8 Å². The van der Waals surface area contributed by atoms with Crippen LogP contribution in [0.1, 0.15) is 18.0 Å². The maximum absolute atomic E-state index is 14.0. The molecule has 2 aromatic carbocycles. The minimum Gasteiger partial charge on any atom is -0.494 e. The molecule has 0 fully saturated rings. The van der Waals surface area contributed by atoms with Crippen LogP contribution in [0.4, 0.5) is 27.6 Å². The second-order valence-electron chi connectivity index (χ2n) is 8.13. The van der Waals surface area contributed by atoms with Gasteiger partial charge in [0, 0.05) is 24.7 Å². The van der Waals surface area contributed by atoms with E-state index in [9.17, 15) is 26.7 Å². The van der Waals surface area contributed by atoms with Crippen LogP contribution in [0.2, 0.25) is 0 Å². The molecule has 2 rings (SSSR count). The van der Waals surface area contributed by atoms with Crippen LogP contribution in [0.15, 0.2) is 47.5 Å². The first kappa shape index (κ1) is 29.9. The Labute approximate surface area is 210 Å². The lowest BCUT2D eigenvalue weighted by molar-refractivity contribution is -0.164. The van der Waals surface area contributed by atoms with Gasteiger partial charge in [0.1, 0.15) is 18.0 Å². The zero-order valence-electron chi connectivity index (χ0n) is 20.2. The molecule has 4 unspecified atom stereocenters. The van der Waals surface area contributed by atoms with Gasteiger partial charge in [-0.15, -0.1) is 0 Å². The molecule has 0 saturated heterocycles. The number of methoxy groups -OCH3 is 1. The molecule has 0 radical (unpaired) electrons. The third kappa shape index (κ3) is 8.93. The Morgan fingerprint density at radius 2 is 1.73 bits per heavy atom. The first-order chi connectivity index (χ1) is 17.3. The fourth-order valence-corrected chi connectivity index (χ4v) is 3.33. The highest BCUT2D eigenvalue weighted by Crippen LogP contribution is 2.25. The quantitative estimate of drug-likeness (QED) is 0.156. The van der Waals surface area contributed by atoms with Crippen molar-refractivity contribution in [3.8, 4) is 5.75 Å². The van der Waals surface area contributed by atoms with E-state index in [-0.39, 0.29) is 30.4 Å². The number of halogens is 5. The van der Waals surface area contributed by atoms with Gasteiger partial charge in [-0.25, -0.2) is 13.8 Å². The van der Waals surface area contributed by atoms with Crippen molar-refractivity contribution in [2.24, 2.45) is 28.1 Å². The Kier molecular flexibility index (Phi) is 10.7. The SMILES string of the molecule is CNCC(C(=O)NC(=NC(N)CC(N)c1ccc(OC)c(F)c1)Nc1ccc(F)cc1)C(N)C(F)(F)F. The normalized spacial score (nSPS) is 15.5. The molecular weight excluding hydrogens is 501 g/mol. The molecule has 0 aliphatic rings. The number of alkyl halides is 3. The first-order valence-electron chi connectivity index (χ1n) is 11.1. The molecule has 9 N–H and O–H groups in total. The van der Waals surface area contributed by atoms with E-state index in [0.717, 1.165) is 12.1 Å². The maximum Gasteiger partial charge on any atom is 0.404 e. The van der Waals surface area contributed by atoms with E-state index in [0.29, 0.717) is 5.56 Å². The number of nitrogens with one attached hydrogen (secondary N) is 3. The van der Waals surface area contributed by atoms with Crippen molar-refractivity contribution in [3.63, 3.8) is 0 Å². The number of benzene rings is 2. The van der Waals surface area contributed by atoms with Crippen LogP contribution < -0.4 is 37.9 Å². The molecule has 9 nitrogen and oxygen atoms in total. The van der Waals surface area contributed by atoms with Gasteiger partial charge in [0.05, 0.1) is 13.0 Å². The number of nitrogens with two attached hydrogens (primary N) is 3. The average molecular weight is 532 g/mol. The van der Waals surface area contributed by atoms with Gasteiger partial charge in [0.25, 0.3) is 0 Å². The van der Waals surface area contributed by atoms with Crippen LogP contribution in [0.5, 0.6) is 5.75 Å². The lowest BCUT2D eigenvalue weighted by Crippen LogP contribution is -2.54. The van der Waals surface area contributed by atoms with E-state index in [1.807, 2.05) is 0 Å². The Morgan fingerprint density at radius 3 is 2.27 bits per heavy atom. The van der Waals surface area contributed by atoms with Crippen LogP contribution in [0.3, 0.4) is 0 Å². The van der Waals surface area contributed by atoms with Gasteiger partial charge in [0.15, 0.2) is 11.6 Å². The standard InChI is InChI=1S/C23H30F5N7O2/c1-32-11-15(20(31)23(26,27)28)21(36)35-22(33-14-6-4-13(24)5-7-14)34-19(30)10-17(29)12-3-8-18(37-2)16(25)9-12/h3-9,15,17,19-20,32H,10-11,29-31H2,1-2H3,(H2,33,34,35,36). The number of rotatable bonds is 10. The minimum atomic E-state index is -4.84. The van der Waals surface area contributed by atoms with E-state index in [4.69, 9.17) is 21.9 Å². The fourth-order valence-electron chi connectivity index (χ4n) is 3.33. The van der Waals surface area contributed by atoms with Crippen LogP contribution in [-0.2, 0) is 4.79 Å². The highest BCUT2D eigenvalue weighted by molar-refractivity contribution is 6.05. The van der Waals surface area contributed by atoms with Gasteiger partial charge >= 0.3 is 6.18 Å². The summed E-state index contributed by atoms with van der Waals surface area (Å²) in [5.74, 6) is -4.23. The largest absolute Gasteiger partial charge is 0.494 e. The number of carbonyl (C=O) groups excluding carboxylic acids is 1. The Bertz CT molecular complexity index is 1070. The summed E-state index contributed by atoms with van der Waals surface area (Å²) in [5, 5.41) is 7.47. The summed E-state index contributed by atoms with van der Waals surface area (Å²) in [5.41, 5.74) is 18.1. The summed E-state index contributed by atoms with van der Waals surface area (Å²) >= 11 is 0. The predicted octanol–water partition coefficient (Wildman–Crippen LogP) is 1.96. The van der Waals surface area contributed by atoms with Gasteiger partial charge < -0.3 is 32.6 Å². The molecule has 0 aliphatic heterocycles. The average Bonchev–Trinajstić information content (AvgIpc) is 2.82. The molecular formula is C23H30F5N7O2. The molecule has 0 aromatic heterocycles. The Balaban J connectivity index is 2.27. The van der Waals surface area contributed by atoms with Crippen molar-refractivity contribution in [1.82, 2.24) is 10.6 Å². The summed E-state index contributed by atoms with van der Waals surface area (Å²) in [6, 6.07) is 5.77. The Morgan fingerprint density at radius 1 is 1.08 bits per heavy atom. The van der Waals surface area contributed by atoms with Crippen molar-refractivity contribution < 1.29 is 31.5 Å². The maximum atomic E-state index is 14.0. The number of nitrogens with zero attached hydrogens (tertiary/aromatic N) is 1. The number of hydrogen-bond acceptors (Lipinski definition) is 7. The predicted molar refractivity (Wildman–Crippen MR) is 130 cm³/mol. The summed E-state index contributed by atoms with van der Waals surface area (Å²) in [4.78, 5) is 16.9. The van der Waals surface area contributed by atoms with E-state index in [2.05, 4.69) is 20.9 Å². The monoisotopic (exact) mass is 531 g/mol. The highest BCUT2D eigenvalue weighted by Gasteiger charge is 2.44. The van der Waals surface area contributed by atoms with Crippen LogP contribution >= 0.6 is 0 Å². The molecule has 2 aromatic rings. The second-order valence-corrected chi connectivity index (χ2v) is 8.13. The zero-order valence-corrected chi connectivity index (χ0v) is 20.2. The Hall–Kier alpha value is -3.33. The molecule has 0 aliphatic carbocycles. The van der Waals surface area contributed by atoms with Crippen LogP contribution in [0, 0.1) is 17.6 Å². The third-order valence-corrected chi connectivity index (χ3v) is 5.32. The zero-order chi connectivity index (χ0) is 27.8. The van der Waals surface area contributed by atoms with Crippen LogP contribution in [-0.4, -0.2) is 51.0 Å². The molecule has 0 spiro atoms. The summed E-state index contributed by atoms with van der Waals surface area (Å²) in [6.45, 7) is -0.379. The lowest BCUT2D eigenvalue weighted by atomic mass is 9.99. The molecule has 0 heterocycles. The molecule has 37 heavy (non-hydrogen) atoms. The number of anilines is 1. The fraction of sp³-hybridized carbons (Fsp3) is 0.391. The molecule has 0 bridgehead atoms. The van der Waals surface area contributed by atoms with Gasteiger partial charge in [-0.1, -0.05) is 6.07 Å². The number of guanidine groups is 1. The van der Waals surface area contributed by atoms with Gasteiger partial charge in [-0.2, -0.15) is 13.2 Å². The molecule has 4 atom stereocenters. The molecule has 204 valence electrons. The summed E-state index contributed by atoms with van der Waals surface area (Å²) < 4.78 is 71.8. The molecule has 1 amide bonds. The molecule has 0 saturated carbocycles. The van der Waals surface area contributed by atoms with E-state index in [1.165, 1.54) is 38.4 Å². The van der Waals surface area contributed by atoms with Crippen molar-refractivity contribution in [3.05, 3.63) is 59.7 Å². The van der Waals surface area contributed by atoms with Gasteiger partial charge in [-0.05, 0) is 49.0 Å². The summed E-state index contributed by atoms with van der Waals surface area (Å²) in [6.07, 6.45) is -5.95. The van der Waals surface area contributed by atoms with Crippen LogP contribution in [0.25, 0.3) is 0 Å². The number of ether oxygens (including phenoxy) is 1. The number of hydrogen-bond donors (Lipinski definition) is 6. The smallest absolute Gasteiger partial charge is 0.404 e.